The Morgan fingerprint density at radius 1 is 1.10 bits per heavy atom. The van der Waals surface area contributed by atoms with E-state index < -0.39 is 11.5 Å². The Morgan fingerprint density at radius 3 is 2.52 bits per heavy atom. The van der Waals surface area contributed by atoms with Crippen molar-refractivity contribution in [2.75, 3.05) is 52.1 Å². The molecule has 0 saturated carbocycles. The number of morpholine rings is 1. The van der Waals surface area contributed by atoms with Crippen molar-refractivity contribution >= 4 is 17.4 Å². The van der Waals surface area contributed by atoms with Gasteiger partial charge in [-0.3, -0.25) is 19.4 Å². The topological polar surface area (TPSA) is 88.5 Å². The van der Waals surface area contributed by atoms with Crippen LogP contribution in [0.2, 0.25) is 0 Å². The third-order valence-corrected chi connectivity index (χ3v) is 5.81. The van der Waals surface area contributed by atoms with Gasteiger partial charge >= 0.3 is 0 Å². The summed E-state index contributed by atoms with van der Waals surface area (Å²) in [5.74, 6) is 0.0537. The van der Waals surface area contributed by atoms with Crippen LogP contribution in [0.1, 0.15) is 22.3 Å². The second-order valence-electron chi connectivity index (χ2n) is 7.65. The van der Waals surface area contributed by atoms with Gasteiger partial charge in [0.05, 0.1) is 46.2 Å². The Bertz CT molecular complexity index is 988. The van der Waals surface area contributed by atoms with Crippen LogP contribution in [0.4, 0.5) is 5.69 Å². The molecule has 1 N–H and O–H groups in total. The minimum Gasteiger partial charge on any atom is -0.493 e. The van der Waals surface area contributed by atoms with E-state index in [0.29, 0.717) is 61.3 Å². The van der Waals surface area contributed by atoms with Crippen LogP contribution in [-0.4, -0.2) is 68.9 Å². The molecule has 0 radical (unpaired) electrons. The number of hydrogen-bond acceptors (Lipinski definition) is 7. The summed E-state index contributed by atoms with van der Waals surface area (Å²) in [6.07, 6.45) is -0.363. The SMILES string of the molecule is COc1ccc(C(=O)CC2(O)C(=O)N(CN3CCOCC3)c3ccccc32)cc1OC. The van der Waals surface area contributed by atoms with E-state index in [4.69, 9.17) is 14.2 Å². The van der Waals surface area contributed by atoms with Crippen LogP contribution >= 0.6 is 0 Å². The molecule has 0 aromatic heterocycles. The van der Waals surface area contributed by atoms with E-state index in [9.17, 15) is 14.7 Å². The monoisotopic (exact) mass is 426 g/mol. The molecule has 2 aliphatic rings. The number of anilines is 1. The van der Waals surface area contributed by atoms with Gasteiger partial charge in [-0.15, -0.1) is 0 Å². The molecule has 0 aliphatic carbocycles. The van der Waals surface area contributed by atoms with E-state index in [1.165, 1.54) is 14.2 Å². The first-order chi connectivity index (χ1) is 15.0. The van der Waals surface area contributed by atoms with Crippen molar-refractivity contribution in [3.05, 3.63) is 53.6 Å². The van der Waals surface area contributed by atoms with Gasteiger partial charge < -0.3 is 19.3 Å². The Hall–Kier alpha value is -2.94. The van der Waals surface area contributed by atoms with Crippen LogP contribution in [-0.2, 0) is 15.1 Å². The highest BCUT2D eigenvalue weighted by atomic mass is 16.5. The number of carbonyl (C=O) groups is 2. The van der Waals surface area contributed by atoms with Crippen molar-refractivity contribution in [2.24, 2.45) is 0 Å². The summed E-state index contributed by atoms with van der Waals surface area (Å²) in [4.78, 5) is 30.1. The third kappa shape index (κ3) is 3.89. The molecule has 2 heterocycles. The van der Waals surface area contributed by atoms with Gasteiger partial charge in [-0.05, 0) is 24.3 Å². The van der Waals surface area contributed by atoms with Crippen molar-refractivity contribution < 1.29 is 28.9 Å². The van der Waals surface area contributed by atoms with Crippen molar-refractivity contribution in [3.63, 3.8) is 0 Å². The smallest absolute Gasteiger partial charge is 0.265 e. The van der Waals surface area contributed by atoms with Crippen LogP contribution in [0, 0.1) is 0 Å². The number of para-hydroxylation sites is 1. The molecule has 31 heavy (non-hydrogen) atoms. The standard InChI is InChI=1S/C23H26N2O6/c1-29-20-8-7-16(13-21(20)30-2)19(26)14-23(28)17-5-3-4-6-18(17)25(22(23)27)15-24-9-11-31-12-10-24/h3-8,13,28H,9-12,14-15H2,1-2H3. The zero-order valence-corrected chi connectivity index (χ0v) is 17.7. The molecule has 1 amide bonds. The molecule has 8 heteroatoms. The number of Topliss-reactive ketones (excluding diaryl/α,β-unsaturated/α-hetero) is 1. The molecule has 8 nitrogen and oxygen atoms in total. The van der Waals surface area contributed by atoms with Crippen LogP contribution in [0.5, 0.6) is 11.5 Å². The number of carbonyl (C=O) groups excluding carboxylic acids is 2. The highest BCUT2D eigenvalue weighted by Gasteiger charge is 2.51. The fourth-order valence-electron chi connectivity index (χ4n) is 4.10. The van der Waals surface area contributed by atoms with Crippen molar-refractivity contribution in [1.82, 2.24) is 4.90 Å². The number of nitrogens with zero attached hydrogens (tertiary/aromatic N) is 2. The highest BCUT2D eigenvalue weighted by molar-refractivity contribution is 6.10. The van der Waals surface area contributed by atoms with Crippen molar-refractivity contribution in [3.8, 4) is 11.5 Å². The molecule has 2 aliphatic heterocycles. The number of rotatable bonds is 7. The molecule has 1 saturated heterocycles. The Balaban J connectivity index is 1.61. The van der Waals surface area contributed by atoms with E-state index in [0.717, 1.165) is 0 Å². The average molecular weight is 426 g/mol. The summed E-state index contributed by atoms with van der Waals surface area (Å²) >= 11 is 0. The van der Waals surface area contributed by atoms with Gasteiger partial charge in [0.2, 0.25) is 0 Å². The van der Waals surface area contributed by atoms with Crippen molar-refractivity contribution in [2.45, 2.75) is 12.0 Å². The molecule has 164 valence electrons. The second-order valence-corrected chi connectivity index (χ2v) is 7.65. The summed E-state index contributed by atoms with van der Waals surface area (Å²) in [6, 6.07) is 11.9. The van der Waals surface area contributed by atoms with Crippen LogP contribution < -0.4 is 14.4 Å². The summed E-state index contributed by atoms with van der Waals surface area (Å²) in [5.41, 5.74) is -0.515. The average Bonchev–Trinajstić information content (AvgIpc) is 3.01. The van der Waals surface area contributed by atoms with Crippen LogP contribution in [0.15, 0.2) is 42.5 Å². The summed E-state index contributed by atoms with van der Waals surface area (Å²) < 4.78 is 15.9. The lowest BCUT2D eigenvalue weighted by Crippen LogP contribution is -2.49. The quantitative estimate of drug-likeness (QED) is 0.676. The Morgan fingerprint density at radius 2 is 1.81 bits per heavy atom. The zero-order valence-electron chi connectivity index (χ0n) is 17.7. The number of ketones is 1. The largest absolute Gasteiger partial charge is 0.493 e. The normalized spacial score (nSPS) is 21.1. The zero-order chi connectivity index (χ0) is 22.0. The fourth-order valence-corrected chi connectivity index (χ4v) is 4.10. The molecule has 4 rings (SSSR count). The van der Waals surface area contributed by atoms with Gasteiger partial charge in [-0.1, -0.05) is 18.2 Å². The van der Waals surface area contributed by atoms with E-state index in [1.807, 2.05) is 6.07 Å². The van der Waals surface area contributed by atoms with Crippen LogP contribution in [0.25, 0.3) is 0 Å². The lowest BCUT2D eigenvalue weighted by molar-refractivity contribution is -0.136. The first kappa shape index (κ1) is 21.3. The van der Waals surface area contributed by atoms with Gasteiger partial charge in [0.25, 0.3) is 5.91 Å². The Labute approximate surface area is 180 Å². The van der Waals surface area contributed by atoms with Crippen LogP contribution in [0.3, 0.4) is 0 Å². The van der Waals surface area contributed by atoms with Gasteiger partial charge in [0.1, 0.15) is 0 Å². The molecule has 0 spiro atoms. The molecule has 2 aromatic rings. The number of amides is 1. The minimum absolute atomic E-state index is 0.336. The van der Waals surface area contributed by atoms with E-state index in [2.05, 4.69) is 4.90 Å². The lowest BCUT2D eigenvalue weighted by Gasteiger charge is -2.31. The van der Waals surface area contributed by atoms with E-state index in [-0.39, 0.29) is 12.2 Å². The van der Waals surface area contributed by atoms with Gasteiger partial charge in [0, 0.05) is 24.2 Å². The molecular formula is C23H26N2O6. The third-order valence-electron chi connectivity index (χ3n) is 5.81. The van der Waals surface area contributed by atoms with E-state index >= 15 is 0 Å². The number of aliphatic hydroxyl groups is 1. The molecule has 1 fully saturated rings. The number of hydrogen-bond donors (Lipinski definition) is 1. The molecular weight excluding hydrogens is 400 g/mol. The van der Waals surface area contributed by atoms with Gasteiger partial charge in [0.15, 0.2) is 22.9 Å². The van der Waals surface area contributed by atoms with Crippen molar-refractivity contribution in [1.29, 1.82) is 0 Å². The summed E-state index contributed by atoms with van der Waals surface area (Å²) in [6.45, 7) is 2.95. The predicted octanol–water partition coefficient (Wildman–Crippen LogP) is 1.80. The predicted molar refractivity (Wildman–Crippen MR) is 114 cm³/mol. The number of methoxy groups -OCH3 is 2. The molecule has 1 unspecified atom stereocenters. The summed E-state index contributed by atoms with van der Waals surface area (Å²) in [7, 11) is 3.00. The molecule has 2 aromatic carbocycles. The molecule has 1 atom stereocenters. The first-order valence-corrected chi connectivity index (χ1v) is 10.2. The minimum atomic E-state index is -1.92. The maximum absolute atomic E-state index is 13.4. The second kappa shape index (κ2) is 8.66. The van der Waals surface area contributed by atoms with Gasteiger partial charge in [-0.2, -0.15) is 0 Å². The maximum Gasteiger partial charge on any atom is 0.265 e. The summed E-state index contributed by atoms with van der Waals surface area (Å²) in [5, 5.41) is 11.5. The first-order valence-electron chi connectivity index (χ1n) is 10.2. The highest BCUT2D eigenvalue weighted by Crippen LogP contribution is 2.43. The number of fused-ring (bicyclic) bond motifs is 1. The van der Waals surface area contributed by atoms with Gasteiger partial charge in [-0.25, -0.2) is 0 Å². The number of benzene rings is 2. The molecule has 0 bridgehead atoms. The number of ether oxygens (including phenoxy) is 3. The maximum atomic E-state index is 13.4. The van der Waals surface area contributed by atoms with E-state index in [1.54, 1.807) is 41.3 Å². The lowest BCUT2D eigenvalue weighted by atomic mass is 9.88. The Kier molecular flexibility index (Phi) is 5.95. The fraction of sp³-hybridized carbons (Fsp3) is 0.391.